The van der Waals surface area contributed by atoms with Crippen LogP contribution in [0.5, 0.6) is 0 Å². The molecule has 0 aliphatic rings. The second kappa shape index (κ2) is 9.56. The zero-order valence-electron chi connectivity index (χ0n) is 10.1. The maximum atomic E-state index is 4.93. The van der Waals surface area contributed by atoms with Crippen LogP contribution in [0.4, 0.5) is 0 Å². The first kappa shape index (κ1) is 15.7. The van der Waals surface area contributed by atoms with Crippen LogP contribution < -0.4 is 0 Å². The molecule has 0 N–H and O–H groups in total. The molecule has 0 bridgehead atoms. The molecule has 0 unspecified atom stereocenters. The minimum atomic E-state index is -0.826. The van der Waals surface area contributed by atoms with Gasteiger partial charge in [0, 0.05) is 0 Å². The number of rotatable bonds is 0. The molecular weight excluding hydrogens is 342 g/mol. The monoisotopic (exact) mass is 354 g/mol. The van der Waals surface area contributed by atoms with Crippen LogP contribution in [0.1, 0.15) is 5.56 Å². The van der Waals surface area contributed by atoms with Gasteiger partial charge in [-0.2, -0.15) is 24.3 Å². The van der Waals surface area contributed by atoms with Crippen molar-refractivity contribution >= 4 is 27.8 Å². The van der Waals surface area contributed by atoms with Crippen molar-refractivity contribution in [3.05, 3.63) is 72.3 Å². The Labute approximate surface area is 127 Å². The number of hydrogen-bond donors (Lipinski definition) is 0. The van der Waals surface area contributed by atoms with E-state index in [-0.39, 0.29) is 0 Å². The van der Waals surface area contributed by atoms with Gasteiger partial charge in [0.1, 0.15) is 0 Å². The van der Waals surface area contributed by atoms with E-state index in [2.05, 4.69) is 43.3 Å². The van der Waals surface area contributed by atoms with Crippen molar-refractivity contribution in [3.8, 4) is 0 Å². The zero-order valence-corrected chi connectivity index (χ0v) is 14.1. The summed E-state index contributed by atoms with van der Waals surface area (Å²) in [6.07, 6.45) is 0. The fourth-order valence-electron chi connectivity index (χ4n) is 1.63. The quantitative estimate of drug-likeness (QED) is 0.457. The molecule has 0 spiro atoms. The van der Waals surface area contributed by atoms with E-state index in [0.717, 1.165) is 0 Å². The molecule has 3 rings (SSSR count). The number of fused-ring (bicyclic) bond motifs is 1. The van der Waals surface area contributed by atoms with Crippen LogP contribution in [0.2, 0.25) is 0 Å². The van der Waals surface area contributed by atoms with Crippen LogP contribution in [-0.4, -0.2) is 0 Å². The Kier molecular flexibility index (Phi) is 8.34. The van der Waals surface area contributed by atoms with E-state index in [1.54, 1.807) is 0 Å². The first-order chi connectivity index (χ1) is 8.77. The van der Waals surface area contributed by atoms with Gasteiger partial charge in [0.15, 0.2) is 0 Å². The number of hydrogen-bond acceptors (Lipinski definition) is 0. The van der Waals surface area contributed by atoms with Gasteiger partial charge < -0.3 is 0 Å². The zero-order chi connectivity index (χ0) is 13.2. The average molecular weight is 356 g/mol. The molecule has 0 heterocycles. The second-order valence-electron chi connectivity index (χ2n) is 3.70. The summed E-state index contributed by atoms with van der Waals surface area (Å²) in [5.74, 6) is 0. The minimum absolute atomic E-state index is 0.826. The Hall–Kier alpha value is -0.357. The first-order valence-electron chi connectivity index (χ1n) is 5.53. The van der Waals surface area contributed by atoms with E-state index < -0.39 is 20.8 Å². The summed E-state index contributed by atoms with van der Waals surface area (Å²) < 4.78 is 0. The van der Waals surface area contributed by atoms with Crippen molar-refractivity contribution in [2.45, 2.75) is 6.92 Å². The molecule has 3 aromatic carbocycles. The van der Waals surface area contributed by atoms with Crippen molar-refractivity contribution in [1.82, 2.24) is 0 Å². The van der Waals surface area contributed by atoms with E-state index in [1.165, 1.54) is 16.3 Å². The molecule has 0 amide bonds. The van der Waals surface area contributed by atoms with E-state index in [1.807, 2.05) is 30.3 Å². The molecule has 0 atom stereocenters. The number of halogens is 2. The van der Waals surface area contributed by atoms with Crippen LogP contribution in [0.15, 0.2) is 66.7 Å². The maximum Gasteiger partial charge on any atom is -0.172 e. The molecule has 3 heteroatoms. The summed E-state index contributed by atoms with van der Waals surface area (Å²) >= 11 is -0.826. The molecule has 0 aromatic heterocycles. The van der Waals surface area contributed by atoms with E-state index in [9.17, 15) is 0 Å². The van der Waals surface area contributed by atoms with Crippen molar-refractivity contribution in [2.75, 3.05) is 0 Å². The van der Waals surface area contributed by atoms with Crippen molar-refractivity contribution in [3.63, 3.8) is 0 Å². The van der Waals surface area contributed by atoms with Gasteiger partial charge in [-0.25, -0.2) is 12.1 Å². The van der Waals surface area contributed by atoms with Gasteiger partial charge in [0.2, 0.25) is 0 Å². The van der Waals surface area contributed by atoms with E-state index in [4.69, 9.17) is 17.0 Å². The third kappa shape index (κ3) is 6.00. The fourth-order valence-corrected chi connectivity index (χ4v) is 1.63. The molecular formula is C15H14Cl2Zr. The predicted octanol–water partition coefficient (Wildman–Crippen LogP) is 5.65. The Morgan fingerprint density at radius 1 is 1.00 bits per heavy atom. The van der Waals surface area contributed by atoms with Crippen LogP contribution >= 0.6 is 17.0 Å². The molecule has 0 radical (unpaired) electrons. The smallest absolute Gasteiger partial charge is 0.172 e. The van der Waals surface area contributed by atoms with Gasteiger partial charge in [-0.05, 0) is 0 Å². The predicted molar refractivity (Wildman–Crippen MR) is 78.0 cm³/mol. The van der Waals surface area contributed by atoms with Crippen LogP contribution in [0.25, 0.3) is 10.8 Å². The molecule has 92 valence electrons. The fraction of sp³-hybridized carbons (Fsp3) is 0.0667. The molecule has 18 heavy (non-hydrogen) atoms. The Balaban J connectivity index is 0.000000170. The van der Waals surface area contributed by atoms with Gasteiger partial charge >= 0.3 is 37.9 Å². The van der Waals surface area contributed by atoms with Gasteiger partial charge in [0.05, 0.1) is 0 Å². The Bertz CT molecular complexity index is 476. The minimum Gasteiger partial charge on any atom is -0.214 e. The third-order valence-corrected chi connectivity index (χ3v) is 2.32. The topological polar surface area (TPSA) is 0 Å². The molecule has 0 nitrogen and oxygen atoms in total. The average Bonchev–Trinajstić information content (AvgIpc) is 3.00. The molecule has 0 aliphatic carbocycles. The third-order valence-electron chi connectivity index (χ3n) is 2.32. The molecule has 0 aliphatic heterocycles. The van der Waals surface area contributed by atoms with Crippen LogP contribution in [-0.2, 0) is 20.8 Å². The first-order valence-corrected chi connectivity index (χ1v) is 11.9. The van der Waals surface area contributed by atoms with Gasteiger partial charge in [-0.3, -0.25) is 0 Å². The molecule has 0 saturated heterocycles. The van der Waals surface area contributed by atoms with E-state index >= 15 is 0 Å². The summed E-state index contributed by atoms with van der Waals surface area (Å²) in [4.78, 5) is 0. The summed E-state index contributed by atoms with van der Waals surface area (Å²) in [5, 5.41) is 2.69. The summed E-state index contributed by atoms with van der Waals surface area (Å²) in [5.41, 5.74) is 1.35. The SMILES string of the molecule is Cc1cc2ccccc2[cH-]1.[Cl][Zr+2][Cl].c1cc[cH-]c1. The van der Waals surface area contributed by atoms with Crippen LogP contribution in [0, 0.1) is 6.92 Å². The Morgan fingerprint density at radius 2 is 1.61 bits per heavy atom. The standard InChI is InChI=1S/C10H9.C5H5.2ClH.Zr/c1-8-6-9-4-2-3-5-10(9)7-8;1-2-4-5-3-1;;;/h2-7H,1H3;1-5H;2*1H;/q2*-1;;;+4/p-2. The molecule has 0 saturated carbocycles. The molecule has 0 fully saturated rings. The van der Waals surface area contributed by atoms with Gasteiger partial charge in [0.25, 0.3) is 0 Å². The van der Waals surface area contributed by atoms with Crippen molar-refractivity contribution in [2.24, 2.45) is 0 Å². The van der Waals surface area contributed by atoms with Gasteiger partial charge in [-0.1, -0.05) is 13.0 Å². The largest absolute Gasteiger partial charge is 0.214 e. The number of benzene rings is 1. The molecule has 3 aromatic rings. The number of aryl methyl sites for hydroxylation is 1. The van der Waals surface area contributed by atoms with Crippen molar-refractivity contribution in [1.29, 1.82) is 0 Å². The van der Waals surface area contributed by atoms with Crippen molar-refractivity contribution < 1.29 is 20.8 Å². The van der Waals surface area contributed by atoms with E-state index in [0.29, 0.717) is 0 Å². The summed E-state index contributed by atoms with van der Waals surface area (Å²) in [6, 6.07) is 22.8. The summed E-state index contributed by atoms with van der Waals surface area (Å²) in [6.45, 7) is 2.12. The van der Waals surface area contributed by atoms with Crippen LogP contribution in [0.3, 0.4) is 0 Å². The van der Waals surface area contributed by atoms with Gasteiger partial charge in [-0.15, -0.1) is 40.6 Å². The summed E-state index contributed by atoms with van der Waals surface area (Å²) in [7, 11) is 9.87. The Morgan fingerprint density at radius 3 is 2.11 bits per heavy atom. The normalized spacial score (nSPS) is 8.61. The maximum absolute atomic E-state index is 4.93. The second-order valence-corrected chi connectivity index (χ2v) is 7.43.